The number of nitrogens with zero attached hydrogens (tertiary/aromatic N) is 3. The van der Waals surface area contributed by atoms with Gasteiger partial charge in [0.25, 0.3) is 0 Å². The van der Waals surface area contributed by atoms with E-state index in [0.29, 0.717) is 24.7 Å². The van der Waals surface area contributed by atoms with E-state index in [4.69, 9.17) is 9.47 Å². The first-order chi connectivity index (χ1) is 13.3. The fourth-order valence-electron chi connectivity index (χ4n) is 3.37. The Bertz CT molecular complexity index is 822. The van der Waals surface area contributed by atoms with Crippen LogP contribution in [0.2, 0.25) is 0 Å². The van der Waals surface area contributed by atoms with Crippen LogP contribution in [-0.4, -0.2) is 34.8 Å². The molecule has 0 spiro atoms. The highest BCUT2D eigenvalue weighted by molar-refractivity contribution is 5.89. The number of ether oxygens (including phenoxy) is 2. The van der Waals surface area contributed by atoms with Gasteiger partial charge in [0.2, 0.25) is 0 Å². The molecule has 0 unspecified atom stereocenters. The summed E-state index contributed by atoms with van der Waals surface area (Å²) in [6.07, 6.45) is 2.19. The zero-order valence-corrected chi connectivity index (χ0v) is 17.3. The third-order valence-electron chi connectivity index (χ3n) is 4.90. The summed E-state index contributed by atoms with van der Waals surface area (Å²) in [5.41, 5.74) is 1.17. The van der Waals surface area contributed by atoms with Crippen LogP contribution in [0, 0.1) is 5.92 Å². The Labute approximate surface area is 166 Å². The second-order valence-electron chi connectivity index (χ2n) is 7.93. The Morgan fingerprint density at radius 3 is 2.71 bits per heavy atom. The van der Waals surface area contributed by atoms with E-state index >= 15 is 0 Å². The van der Waals surface area contributed by atoms with E-state index in [-0.39, 0.29) is 30.1 Å². The van der Waals surface area contributed by atoms with E-state index < -0.39 is 0 Å². The van der Waals surface area contributed by atoms with Crippen molar-refractivity contribution in [1.82, 2.24) is 9.97 Å². The Morgan fingerprint density at radius 1 is 1.21 bits per heavy atom. The molecule has 6 nitrogen and oxygen atoms in total. The number of cyclic esters (lactones) is 1. The molecule has 6 heteroatoms. The summed E-state index contributed by atoms with van der Waals surface area (Å²) in [7, 11) is 0. The number of carbonyl (C=O) groups excluding carboxylic acids is 1. The first kappa shape index (κ1) is 20.1. The van der Waals surface area contributed by atoms with Crippen molar-refractivity contribution in [1.29, 1.82) is 0 Å². The fourth-order valence-corrected chi connectivity index (χ4v) is 3.37. The lowest BCUT2D eigenvalue weighted by atomic mass is 9.97. The molecule has 150 valence electrons. The second kappa shape index (κ2) is 8.59. The maximum Gasteiger partial charge on any atom is 0.415 e. The molecular weight excluding hydrogens is 354 g/mol. The van der Waals surface area contributed by atoms with Crippen LogP contribution in [0.3, 0.4) is 0 Å². The molecule has 1 amide bonds. The van der Waals surface area contributed by atoms with Crippen LogP contribution in [0.15, 0.2) is 36.5 Å². The molecule has 0 radical (unpaired) electrons. The number of aromatic nitrogens is 2. The van der Waals surface area contributed by atoms with Crippen molar-refractivity contribution < 1.29 is 14.3 Å². The molecular formula is C22H29N3O3. The lowest BCUT2D eigenvalue weighted by molar-refractivity contribution is 0.177. The molecule has 1 aliphatic heterocycles. The summed E-state index contributed by atoms with van der Waals surface area (Å²) in [4.78, 5) is 22.9. The molecule has 0 N–H and O–H groups in total. The number of benzene rings is 1. The Hall–Kier alpha value is -2.63. The molecule has 2 aromatic rings. The Balaban J connectivity index is 1.77. The van der Waals surface area contributed by atoms with Crippen LogP contribution in [0.1, 0.15) is 51.9 Å². The fraction of sp³-hybridized carbons (Fsp3) is 0.500. The first-order valence-electron chi connectivity index (χ1n) is 9.89. The van der Waals surface area contributed by atoms with Crippen molar-refractivity contribution in [3.8, 4) is 5.75 Å². The van der Waals surface area contributed by atoms with Crippen LogP contribution in [-0.2, 0) is 11.2 Å². The van der Waals surface area contributed by atoms with Gasteiger partial charge in [-0.3, -0.25) is 4.90 Å². The summed E-state index contributed by atoms with van der Waals surface area (Å²) in [5, 5.41) is 0. The van der Waals surface area contributed by atoms with Crippen LogP contribution in [0.4, 0.5) is 10.6 Å². The molecule has 2 heterocycles. The number of amides is 1. The molecule has 2 atom stereocenters. The van der Waals surface area contributed by atoms with Gasteiger partial charge in [-0.25, -0.2) is 14.8 Å². The molecule has 1 aromatic heterocycles. The van der Waals surface area contributed by atoms with Gasteiger partial charge in [-0.15, -0.1) is 0 Å². The minimum atomic E-state index is -0.338. The molecule has 1 aliphatic rings. The molecule has 1 aromatic carbocycles. The summed E-state index contributed by atoms with van der Waals surface area (Å²) >= 11 is 0. The van der Waals surface area contributed by atoms with Gasteiger partial charge in [0.1, 0.15) is 24.0 Å². The molecule has 0 saturated carbocycles. The molecule has 3 rings (SSSR count). The van der Waals surface area contributed by atoms with Crippen molar-refractivity contribution in [2.45, 2.75) is 59.1 Å². The van der Waals surface area contributed by atoms with E-state index in [1.807, 2.05) is 26.0 Å². The van der Waals surface area contributed by atoms with Crippen molar-refractivity contribution in [3.63, 3.8) is 0 Å². The van der Waals surface area contributed by atoms with Crippen molar-refractivity contribution in [3.05, 3.63) is 47.9 Å². The molecule has 0 aliphatic carbocycles. The van der Waals surface area contributed by atoms with Gasteiger partial charge in [0, 0.05) is 12.6 Å². The molecule has 1 saturated heterocycles. The highest BCUT2D eigenvalue weighted by atomic mass is 16.6. The van der Waals surface area contributed by atoms with E-state index in [1.54, 1.807) is 17.2 Å². The number of carbonyl (C=O) groups is 1. The minimum Gasteiger partial charge on any atom is -0.491 e. The summed E-state index contributed by atoms with van der Waals surface area (Å²) in [6.45, 7) is 10.7. The summed E-state index contributed by atoms with van der Waals surface area (Å²) in [6, 6.07) is 9.91. The highest BCUT2D eigenvalue weighted by Gasteiger charge is 2.37. The molecule has 0 bridgehead atoms. The number of hydrogen-bond acceptors (Lipinski definition) is 5. The molecule has 1 fully saturated rings. The maximum atomic E-state index is 12.2. The van der Waals surface area contributed by atoms with Gasteiger partial charge in [-0.2, -0.15) is 0 Å². The van der Waals surface area contributed by atoms with Gasteiger partial charge in [0.15, 0.2) is 0 Å². The minimum absolute atomic E-state index is 0.00228. The van der Waals surface area contributed by atoms with E-state index in [2.05, 4.69) is 42.9 Å². The topological polar surface area (TPSA) is 64.5 Å². The zero-order valence-electron chi connectivity index (χ0n) is 17.3. The van der Waals surface area contributed by atoms with E-state index in [1.165, 1.54) is 5.56 Å². The normalized spacial score (nSPS) is 17.9. The van der Waals surface area contributed by atoms with Gasteiger partial charge in [0.05, 0.1) is 12.1 Å². The largest absolute Gasteiger partial charge is 0.491 e. The third kappa shape index (κ3) is 4.61. The number of anilines is 1. The lowest BCUT2D eigenvalue weighted by Crippen LogP contribution is -2.37. The predicted molar refractivity (Wildman–Crippen MR) is 109 cm³/mol. The first-order valence-corrected chi connectivity index (χ1v) is 9.89. The number of hydrogen-bond donors (Lipinski definition) is 0. The quantitative estimate of drug-likeness (QED) is 0.700. The molecule has 28 heavy (non-hydrogen) atoms. The smallest absolute Gasteiger partial charge is 0.415 e. The van der Waals surface area contributed by atoms with E-state index in [0.717, 1.165) is 5.75 Å². The Kier molecular flexibility index (Phi) is 6.17. The summed E-state index contributed by atoms with van der Waals surface area (Å²) < 4.78 is 11.0. The van der Waals surface area contributed by atoms with Crippen LogP contribution < -0.4 is 9.64 Å². The SMILES string of the molecule is CC(C)Oc1cccc([C@H](C)Cc2nccc(N3C(=O)OC[C@@H]3C(C)C)n2)c1. The van der Waals surface area contributed by atoms with Crippen molar-refractivity contribution in [2.24, 2.45) is 5.92 Å². The average molecular weight is 383 g/mol. The van der Waals surface area contributed by atoms with Gasteiger partial charge < -0.3 is 9.47 Å². The van der Waals surface area contributed by atoms with Crippen LogP contribution in [0.25, 0.3) is 0 Å². The van der Waals surface area contributed by atoms with E-state index in [9.17, 15) is 4.79 Å². The highest BCUT2D eigenvalue weighted by Crippen LogP contribution is 2.27. The number of rotatable bonds is 7. The average Bonchev–Trinajstić information content (AvgIpc) is 3.03. The van der Waals surface area contributed by atoms with Gasteiger partial charge >= 0.3 is 6.09 Å². The predicted octanol–water partition coefficient (Wildman–Crippen LogP) is 4.59. The van der Waals surface area contributed by atoms with Crippen molar-refractivity contribution >= 4 is 11.9 Å². The van der Waals surface area contributed by atoms with Gasteiger partial charge in [-0.1, -0.05) is 32.9 Å². The van der Waals surface area contributed by atoms with Crippen molar-refractivity contribution in [2.75, 3.05) is 11.5 Å². The lowest BCUT2D eigenvalue weighted by Gasteiger charge is -2.23. The third-order valence-corrected chi connectivity index (χ3v) is 4.90. The summed E-state index contributed by atoms with van der Waals surface area (Å²) in [5.74, 6) is 2.69. The van der Waals surface area contributed by atoms with Crippen LogP contribution >= 0.6 is 0 Å². The standard InChI is InChI=1S/C22H29N3O3/c1-14(2)19-13-27-22(26)25(19)21-9-10-23-20(24-21)11-16(5)17-7-6-8-18(12-17)28-15(3)4/h6-10,12,14-16,19H,11,13H2,1-5H3/t16-,19-/m1/s1. The zero-order chi connectivity index (χ0) is 20.3. The maximum absolute atomic E-state index is 12.2. The second-order valence-corrected chi connectivity index (χ2v) is 7.93. The van der Waals surface area contributed by atoms with Gasteiger partial charge in [-0.05, 0) is 49.4 Å². The monoisotopic (exact) mass is 383 g/mol. The Morgan fingerprint density at radius 2 is 2.00 bits per heavy atom. The van der Waals surface area contributed by atoms with Crippen LogP contribution in [0.5, 0.6) is 5.75 Å².